The van der Waals surface area contributed by atoms with E-state index in [-0.39, 0.29) is 17.3 Å². The maximum absolute atomic E-state index is 10.6. The molecule has 1 unspecified atom stereocenters. The summed E-state index contributed by atoms with van der Waals surface area (Å²) in [6.45, 7) is 1.89. The molecule has 1 aromatic rings. The fourth-order valence-corrected chi connectivity index (χ4v) is 4.27. The van der Waals surface area contributed by atoms with Gasteiger partial charge >= 0.3 is 12.1 Å². The second kappa shape index (κ2) is 6.72. The number of aliphatic hydroxyl groups is 1. The van der Waals surface area contributed by atoms with Gasteiger partial charge in [0.1, 0.15) is 0 Å². The number of aromatic hydroxyl groups is 1. The van der Waals surface area contributed by atoms with Crippen LogP contribution >= 0.6 is 0 Å². The number of carboxylic acid groups (broad SMARTS) is 1. The van der Waals surface area contributed by atoms with Crippen LogP contribution in [0.3, 0.4) is 0 Å². The zero-order valence-electron chi connectivity index (χ0n) is 14.5. The van der Waals surface area contributed by atoms with Crippen molar-refractivity contribution >= 4 is 5.97 Å². The molecular formula is C18H20F3NO5. The molecule has 2 heterocycles. The average molecular weight is 387 g/mol. The quantitative estimate of drug-likeness (QED) is 0.640. The number of hydrogen-bond acceptors (Lipinski definition) is 5. The number of aliphatic carboxylic acids is 1. The summed E-state index contributed by atoms with van der Waals surface area (Å²) in [5.41, 5.74) is 2.42. The van der Waals surface area contributed by atoms with E-state index in [2.05, 4.69) is 11.0 Å². The van der Waals surface area contributed by atoms with Crippen molar-refractivity contribution in [2.45, 2.75) is 43.1 Å². The molecule has 0 aromatic heterocycles. The number of carbonyl (C=O) groups is 1. The third kappa shape index (κ3) is 3.37. The molecule has 1 aliphatic carbocycles. The molecule has 0 spiro atoms. The number of hydrogen-bond donors (Lipinski definition) is 3. The number of phenols is 1. The zero-order chi connectivity index (χ0) is 20.0. The van der Waals surface area contributed by atoms with Crippen molar-refractivity contribution in [3.63, 3.8) is 0 Å². The Bertz CT molecular complexity index is 779. The largest absolute Gasteiger partial charge is 0.504 e. The van der Waals surface area contributed by atoms with Crippen LogP contribution in [-0.4, -0.2) is 58.2 Å². The number of fused-ring (bicyclic) bond motifs is 1. The first kappa shape index (κ1) is 19.5. The van der Waals surface area contributed by atoms with Gasteiger partial charge < -0.3 is 20.1 Å². The standard InChI is InChI=1S/C16H19NO3.C2HF3O2/c1-20-14-8-12-10(6-13(14)19)9-17-5-4-16(12)3-2-11(18)7-15(16)17;3-2(4,5)1(6)7/h2-3,6,8,11,15,18-19H,4-5,7,9H2,1H3;(H,6,7)/t11-,15-,16-;/m0./s1. The fourth-order valence-electron chi connectivity index (χ4n) is 4.27. The molecule has 6 nitrogen and oxygen atoms in total. The van der Waals surface area contributed by atoms with E-state index in [0.29, 0.717) is 11.8 Å². The highest BCUT2D eigenvalue weighted by Gasteiger charge is 2.52. The number of aliphatic hydroxyl groups excluding tert-OH is 1. The molecule has 0 radical (unpaired) electrons. The van der Waals surface area contributed by atoms with E-state index in [1.807, 2.05) is 18.2 Å². The van der Waals surface area contributed by atoms with Crippen molar-refractivity contribution in [2.24, 2.45) is 0 Å². The van der Waals surface area contributed by atoms with Gasteiger partial charge in [0, 0.05) is 24.5 Å². The van der Waals surface area contributed by atoms with Gasteiger partial charge in [0.05, 0.1) is 13.2 Å². The Morgan fingerprint density at radius 1 is 1.37 bits per heavy atom. The third-order valence-electron chi connectivity index (χ3n) is 5.45. The second-order valence-electron chi connectivity index (χ2n) is 6.92. The molecule has 1 fully saturated rings. The topological polar surface area (TPSA) is 90.2 Å². The van der Waals surface area contributed by atoms with Gasteiger partial charge in [-0.25, -0.2) is 4.79 Å². The van der Waals surface area contributed by atoms with Crippen LogP contribution in [0.1, 0.15) is 24.0 Å². The molecular weight excluding hydrogens is 367 g/mol. The third-order valence-corrected chi connectivity index (χ3v) is 5.45. The summed E-state index contributed by atoms with van der Waals surface area (Å²) in [5, 5.41) is 27.0. The SMILES string of the molecule is COc1cc2c(cc1O)CN1CC[C@@]23C=C[C@H](O)C[C@H]13.O=C(O)C(F)(F)F. The van der Waals surface area contributed by atoms with E-state index in [9.17, 15) is 23.4 Å². The van der Waals surface area contributed by atoms with Gasteiger partial charge in [0.2, 0.25) is 0 Å². The molecule has 1 saturated heterocycles. The van der Waals surface area contributed by atoms with Crippen LogP contribution in [0.15, 0.2) is 24.3 Å². The highest BCUT2D eigenvalue weighted by atomic mass is 19.4. The number of alkyl halides is 3. The van der Waals surface area contributed by atoms with Crippen LogP contribution < -0.4 is 4.74 Å². The first-order chi connectivity index (χ1) is 12.6. The molecule has 4 atom stereocenters. The van der Waals surface area contributed by atoms with Crippen molar-refractivity contribution in [2.75, 3.05) is 13.7 Å². The van der Waals surface area contributed by atoms with E-state index >= 15 is 0 Å². The number of ether oxygens (including phenoxy) is 1. The molecule has 27 heavy (non-hydrogen) atoms. The highest BCUT2D eigenvalue weighted by molar-refractivity contribution is 5.73. The average Bonchev–Trinajstić information content (AvgIpc) is 2.86. The summed E-state index contributed by atoms with van der Waals surface area (Å²) in [6, 6.07) is 4.19. The van der Waals surface area contributed by atoms with Crippen molar-refractivity contribution in [1.82, 2.24) is 4.90 Å². The summed E-state index contributed by atoms with van der Waals surface area (Å²) in [5.74, 6) is -2.01. The Morgan fingerprint density at radius 3 is 2.63 bits per heavy atom. The van der Waals surface area contributed by atoms with E-state index in [4.69, 9.17) is 14.6 Å². The first-order valence-corrected chi connectivity index (χ1v) is 8.40. The summed E-state index contributed by atoms with van der Waals surface area (Å²) < 4.78 is 37.0. The maximum atomic E-state index is 10.6. The highest BCUT2D eigenvalue weighted by Crippen LogP contribution is 2.52. The van der Waals surface area contributed by atoms with Crippen LogP contribution in [0, 0.1) is 0 Å². The molecule has 3 aliphatic rings. The van der Waals surface area contributed by atoms with E-state index in [1.54, 1.807) is 7.11 Å². The number of halogens is 3. The maximum Gasteiger partial charge on any atom is 0.490 e. The number of nitrogens with zero attached hydrogens (tertiary/aromatic N) is 1. The molecule has 2 bridgehead atoms. The number of methoxy groups -OCH3 is 1. The van der Waals surface area contributed by atoms with E-state index < -0.39 is 12.1 Å². The smallest absolute Gasteiger partial charge is 0.490 e. The molecule has 3 N–H and O–H groups in total. The normalized spacial score (nSPS) is 30.6. The monoisotopic (exact) mass is 387 g/mol. The van der Waals surface area contributed by atoms with Crippen LogP contribution in [-0.2, 0) is 16.8 Å². The minimum Gasteiger partial charge on any atom is -0.504 e. The molecule has 0 saturated carbocycles. The van der Waals surface area contributed by atoms with Gasteiger partial charge in [0.25, 0.3) is 0 Å². The molecule has 2 aliphatic heterocycles. The van der Waals surface area contributed by atoms with Crippen LogP contribution in [0.2, 0.25) is 0 Å². The van der Waals surface area contributed by atoms with Crippen molar-refractivity contribution < 1.29 is 38.0 Å². The minimum absolute atomic E-state index is 0.0200. The minimum atomic E-state index is -5.08. The lowest BCUT2D eigenvalue weighted by molar-refractivity contribution is -0.192. The molecule has 4 rings (SSSR count). The summed E-state index contributed by atoms with van der Waals surface area (Å²) >= 11 is 0. The number of carboxylic acids is 1. The Balaban J connectivity index is 0.000000260. The molecule has 0 amide bonds. The zero-order valence-corrected chi connectivity index (χ0v) is 14.5. The predicted octanol–water partition coefficient (Wildman–Crippen LogP) is 2.18. The van der Waals surface area contributed by atoms with Gasteiger partial charge in [-0.3, -0.25) is 4.90 Å². The lowest BCUT2D eigenvalue weighted by Crippen LogP contribution is -2.49. The first-order valence-electron chi connectivity index (χ1n) is 8.40. The van der Waals surface area contributed by atoms with Gasteiger partial charge in [0.15, 0.2) is 11.5 Å². The summed E-state index contributed by atoms with van der Waals surface area (Å²) in [4.78, 5) is 11.3. The Kier molecular flexibility index (Phi) is 4.85. The second-order valence-corrected chi connectivity index (χ2v) is 6.92. The van der Waals surface area contributed by atoms with Crippen molar-refractivity contribution in [3.05, 3.63) is 35.4 Å². The summed E-state index contributed by atoms with van der Waals surface area (Å²) in [7, 11) is 1.58. The van der Waals surface area contributed by atoms with Gasteiger partial charge in [-0.2, -0.15) is 13.2 Å². The number of phenolic OH excluding ortho intramolecular Hbond substituents is 1. The van der Waals surface area contributed by atoms with Crippen LogP contribution in [0.25, 0.3) is 0 Å². The Hall–Kier alpha value is -2.26. The van der Waals surface area contributed by atoms with E-state index in [1.165, 1.54) is 11.1 Å². The molecule has 148 valence electrons. The fraction of sp³-hybridized carbons (Fsp3) is 0.500. The van der Waals surface area contributed by atoms with Crippen LogP contribution in [0.4, 0.5) is 13.2 Å². The predicted molar refractivity (Wildman–Crippen MR) is 88.6 cm³/mol. The van der Waals surface area contributed by atoms with Gasteiger partial charge in [-0.15, -0.1) is 0 Å². The van der Waals surface area contributed by atoms with Gasteiger partial charge in [-0.05, 0) is 36.1 Å². The van der Waals surface area contributed by atoms with Gasteiger partial charge in [-0.1, -0.05) is 12.2 Å². The molecule has 1 aromatic carbocycles. The van der Waals surface area contributed by atoms with Crippen molar-refractivity contribution in [3.8, 4) is 11.5 Å². The Labute approximate surface area is 153 Å². The van der Waals surface area contributed by atoms with E-state index in [0.717, 1.165) is 25.9 Å². The molecule has 9 heteroatoms. The Morgan fingerprint density at radius 2 is 2.04 bits per heavy atom. The van der Waals surface area contributed by atoms with Crippen molar-refractivity contribution in [1.29, 1.82) is 0 Å². The lowest BCUT2D eigenvalue weighted by atomic mass is 9.66. The summed E-state index contributed by atoms with van der Waals surface area (Å²) in [6.07, 6.45) is 0.546. The number of benzene rings is 1. The van der Waals surface area contributed by atoms with Crippen LogP contribution in [0.5, 0.6) is 11.5 Å². The lowest BCUT2D eigenvalue weighted by Gasteiger charge is -2.45. The number of rotatable bonds is 1.